The Bertz CT molecular complexity index is 829. The lowest BCUT2D eigenvalue weighted by molar-refractivity contribution is 0.0664. The van der Waals surface area contributed by atoms with E-state index < -0.39 is 0 Å². The van der Waals surface area contributed by atoms with E-state index in [1.54, 1.807) is 19.2 Å². The van der Waals surface area contributed by atoms with Crippen LogP contribution in [0.4, 0.5) is 0 Å². The molecule has 2 aliphatic heterocycles. The quantitative estimate of drug-likeness (QED) is 0.879. The summed E-state index contributed by atoms with van der Waals surface area (Å²) >= 11 is 0. The van der Waals surface area contributed by atoms with E-state index in [1.165, 1.54) is 11.8 Å². The van der Waals surface area contributed by atoms with Crippen LogP contribution in [0.25, 0.3) is 6.08 Å². The highest BCUT2D eigenvalue weighted by atomic mass is 16.5. The molecule has 1 amide bonds. The van der Waals surface area contributed by atoms with Gasteiger partial charge in [0.15, 0.2) is 5.76 Å². The van der Waals surface area contributed by atoms with Crippen LogP contribution in [0.3, 0.4) is 0 Å². The highest BCUT2D eigenvalue weighted by Crippen LogP contribution is 2.29. The Morgan fingerprint density at radius 1 is 1.37 bits per heavy atom. The summed E-state index contributed by atoms with van der Waals surface area (Å²) in [4.78, 5) is 14.3. The largest absolute Gasteiger partial charge is 0.497 e. The number of nitrogens with zero attached hydrogens (tertiary/aromatic N) is 1. The highest BCUT2D eigenvalue weighted by Gasteiger charge is 2.26. The van der Waals surface area contributed by atoms with E-state index in [9.17, 15) is 4.79 Å². The van der Waals surface area contributed by atoms with E-state index in [2.05, 4.69) is 11.4 Å². The van der Waals surface area contributed by atoms with Gasteiger partial charge in [-0.15, -0.1) is 0 Å². The zero-order chi connectivity index (χ0) is 18.6. The smallest absolute Gasteiger partial charge is 0.289 e. The first-order valence-electron chi connectivity index (χ1n) is 9.29. The lowest BCUT2D eigenvalue weighted by atomic mass is 10.0. The fourth-order valence-corrected chi connectivity index (χ4v) is 3.59. The average molecular weight is 368 g/mol. The van der Waals surface area contributed by atoms with Crippen LogP contribution >= 0.6 is 0 Å². The number of furan rings is 1. The van der Waals surface area contributed by atoms with Crippen LogP contribution in [-0.4, -0.2) is 50.2 Å². The fraction of sp³-hybridized carbons (Fsp3) is 0.381. The molecule has 4 rings (SSSR count). The second-order valence-corrected chi connectivity index (χ2v) is 6.94. The van der Waals surface area contributed by atoms with Gasteiger partial charge in [0.1, 0.15) is 18.1 Å². The third-order valence-electron chi connectivity index (χ3n) is 5.05. The summed E-state index contributed by atoms with van der Waals surface area (Å²) in [6.45, 7) is 2.78. The van der Waals surface area contributed by atoms with Gasteiger partial charge in [-0.25, -0.2) is 0 Å². The van der Waals surface area contributed by atoms with Gasteiger partial charge in [-0.3, -0.25) is 4.79 Å². The summed E-state index contributed by atoms with van der Waals surface area (Å²) in [5.41, 5.74) is 2.22. The SMILES string of the molecule is COc1ccc2c(c1)C=C(CNC1CCCN(C(=O)c3ccco3)C1)CO2. The van der Waals surface area contributed by atoms with Crippen molar-refractivity contribution in [1.82, 2.24) is 10.2 Å². The van der Waals surface area contributed by atoms with Gasteiger partial charge in [0.2, 0.25) is 0 Å². The van der Waals surface area contributed by atoms with E-state index in [1.807, 2.05) is 23.1 Å². The molecule has 0 aliphatic carbocycles. The Morgan fingerprint density at radius 2 is 2.30 bits per heavy atom. The third-order valence-corrected chi connectivity index (χ3v) is 5.05. The molecule has 6 nitrogen and oxygen atoms in total. The first-order chi connectivity index (χ1) is 13.2. The minimum atomic E-state index is -0.0345. The fourth-order valence-electron chi connectivity index (χ4n) is 3.59. The molecule has 0 saturated carbocycles. The van der Waals surface area contributed by atoms with Gasteiger partial charge in [-0.2, -0.15) is 0 Å². The number of likely N-dealkylation sites (tertiary alicyclic amines) is 1. The maximum Gasteiger partial charge on any atom is 0.289 e. The Hall–Kier alpha value is -2.73. The van der Waals surface area contributed by atoms with E-state index in [-0.39, 0.29) is 11.9 Å². The molecule has 27 heavy (non-hydrogen) atoms. The van der Waals surface area contributed by atoms with Crippen molar-refractivity contribution >= 4 is 12.0 Å². The molecule has 1 unspecified atom stereocenters. The molecule has 1 saturated heterocycles. The van der Waals surface area contributed by atoms with E-state index >= 15 is 0 Å². The van der Waals surface area contributed by atoms with Gasteiger partial charge >= 0.3 is 0 Å². The molecular formula is C21H24N2O4. The summed E-state index contributed by atoms with van der Waals surface area (Å²) in [5.74, 6) is 2.08. The number of carbonyl (C=O) groups excluding carboxylic acids is 1. The Morgan fingerprint density at radius 3 is 3.11 bits per heavy atom. The van der Waals surface area contributed by atoms with Crippen molar-refractivity contribution in [3.05, 3.63) is 53.5 Å². The highest BCUT2D eigenvalue weighted by molar-refractivity contribution is 5.91. The number of ether oxygens (including phenoxy) is 2. The number of benzene rings is 1. The van der Waals surface area contributed by atoms with Crippen molar-refractivity contribution in [2.45, 2.75) is 18.9 Å². The Balaban J connectivity index is 1.35. The molecule has 0 bridgehead atoms. The standard InChI is InChI=1S/C21H24N2O4/c1-25-18-6-7-19-16(11-18)10-15(14-27-19)12-22-17-4-2-8-23(13-17)21(24)20-5-3-9-26-20/h3,5-7,9-11,17,22H,2,4,8,12-14H2,1H3. The van der Waals surface area contributed by atoms with Crippen molar-refractivity contribution in [3.63, 3.8) is 0 Å². The summed E-state index contributed by atoms with van der Waals surface area (Å²) in [6, 6.07) is 9.56. The zero-order valence-corrected chi connectivity index (χ0v) is 15.4. The van der Waals surface area contributed by atoms with Crippen LogP contribution < -0.4 is 14.8 Å². The minimum absolute atomic E-state index is 0.0345. The van der Waals surface area contributed by atoms with Crippen LogP contribution in [0, 0.1) is 0 Å². The maximum atomic E-state index is 12.5. The Kier molecular flexibility index (Phi) is 5.16. The number of hydrogen-bond donors (Lipinski definition) is 1. The number of methoxy groups -OCH3 is 1. The molecule has 6 heteroatoms. The van der Waals surface area contributed by atoms with Crippen LogP contribution in [0.5, 0.6) is 11.5 Å². The van der Waals surface area contributed by atoms with Crippen molar-refractivity contribution in [3.8, 4) is 11.5 Å². The normalized spacial score (nSPS) is 19.1. The summed E-state index contributed by atoms with van der Waals surface area (Å²) in [5, 5.41) is 3.58. The molecule has 142 valence electrons. The maximum absolute atomic E-state index is 12.5. The van der Waals surface area contributed by atoms with E-state index in [0.717, 1.165) is 43.0 Å². The molecule has 2 aliphatic rings. The lowest BCUT2D eigenvalue weighted by Crippen LogP contribution is -2.48. The van der Waals surface area contributed by atoms with Crippen molar-refractivity contribution in [2.24, 2.45) is 0 Å². The molecule has 3 heterocycles. The molecule has 1 atom stereocenters. The molecule has 1 fully saturated rings. The minimum Gasteiger partial charge on any atom is -0.497 e. The van der Waals surface area contributed by atoms with E-state index in [4.69, 9.17) is 13.9 Å². The van der Waals surface area contributed by atoms with Crippen LogP contribution in [-0.2, 0) is 0 Å². The Labute approximate surface area is 158 Å². The second-order valence-electron chi connectivity index (χ2n) is 6.94. The lowest BCUT2D eigenvalue weighted by Gasteiger charge is -2.33. The first-order valence-corrected chi connectivity index (χ1v) is 9.29. The van der Waals surface area contributed by atoms with Crippen molar-refractivity contribution in [1.29, 1.82) is 0 Å². The molecule has 0 radical (unpaired) electrons. The number of rotatable bonds is 5. The van der Waals surface area contributed by atoms with Gasteiger partial charge in [-0.05, 0) is 54.8 Å². The molecule has 0 spiro atoms. The van der Waals surface area contributed by atoms with Crippen LogP contribution in [0.15, 0.2) is 46.6 Å². The summed E-state index contributed by atoms with van der Waals surface area (Å²) in [7, 11) is 1.66. The van der Waals surface area contributed by atoms with Crippen molar-refractivity contribution < 1.29 is 18.7 Å². The predicted molar refractivity (Wildman–Crippen MR) is 102 cm³/mol. The van der Waals surface area contributed by atoms with Gasteiger partial charge in [0, 0.05) is 31.2 Å². The zero-order valence-electron chi connectivity index (χ0n) is 15.4. The number of carbonyl (C=O) groups is 1. The summed E-state index contributed by atoms with van der Waals surface area (Å²) in [6.07, 6.45) is 5.73. The topological polar surface area (TPSA) is 63.9 Å². The molecular weight excluding hydrogens is 344 g/mol. The summed E-state index contributed by atoms with van der Waals surface area (Å²) < 4.78 is 16.4. The third kappa shape index (κ3) is 4.01. The number of fused-ring (bicyclic) bond motifs is 1. The average Bonchev–Trinajstić information content (AvgIpc) is 3.26. The molecule has 2 aromatic rings. The second kappa shape index (κ2) is 7.88. The van der Waals surface area contributed by atoms with Crippen molar-refractivity contribution in [2.75, 3.05) is 33.4 Å². The van der Waals surface area contributed by atoms with Gasteiger partial charge in [0.05, 0.1) is 13.4 Å². The molecule has 1 aromatic carbocycles. The number of hydrogen-bond acceptors (Lipinski definition) is 5. The number of piperidine rings is 1. The monoisotopic (exact) mass is 368 g/mol. The predicted octanol–water partition coefficient (Wildman–Crippen LogP) is 2.96. The van der Waals surface area contributed by atoms with Gasteiger partial charge < -0.3 is 24.1 Å². The first kappa shape index (κ1) is 17.7. The van der Waals surface area contributed by atoms with Gasteiger partial charge in [-0.1, -0.05) is 0 Å². The molecule has 1 N–H and O–H groups in total. The van der Waals surface area contributed by atoms with E-state index in [0.29, 0.717) is 18.9 Å². The van der Waals surface area contributed by atoms with Gasteiger partial charge in [0.25, 0.3) is 5.91 Å². The number of nitrogens with one attached hydrogen (secondary N) is 1. The number of amides is 1. The van der Waals surface area contributed by atoms with Crippen LogP contribution in [0.1, 0.15) is 29.0 Å². The molecule has 1 aromatic heterocycles. The van der Waals surface area contributed by atoms with Crippen LogP contribution in [0.2, 0.25) is 0 Å².